The minimum atomic E-state index is -4.54. The molecule has 1 aliphatic rings. The first-order chi connectivity index (χ1) is 19.8. The van der Waals surface area contributed by atoms with E-state index < -0.39 is 63.9 Å². The van der Waals surface area contributed by atoms with Crippen molar-refractivity contribution in [3.63, 3.8) is 0 Å². The molecule has 0 saturated heterocycles. The van der Waals surface area contributed by atoms with E-state index in [1.807, 2.05) is 0 Å². The monoisotopic (exact) mass is 604 g/mol. The topological polar surface area (TPSA) is 18.5 Å². The average Bonchev–Trinajstić information content (AvgIpc) is 2.91. The number of ether oxygens (including phenoxy) is 2. The molecule has 0 aromatic heterocycles. The predicted octanol–water partition coefficient (Wildman–Crippen LogP) is 10.5. The summed E-state index contributed by atoms with van der Waals surface area (Å²) in [6.45, 7) is 2.14. The quantitative estimate of drug-likeness (QED) is 0.123. The molecule has 0 unspecified atom stereocenters. The highest BCUT2D eigenvalue weighted by Gasteiger charge is 2.41. The van der Waals surface area contributed by atoms with E-state index in [4.69, 9.17) is 0 Å². The second-order valence-electron chi connectivity index (χ2n) is 10.5. The number of hydrogen-bond donors (Lipinski definition) is 0. The van der Waals surface area contributed by atoms with Crippen molar-refractivity contribution in [2.45, 2.75) is 76.4 Å². The van der Waals surface area contributed by atoms with Crippen molar-refractivity contribution in [1.82, 2.24) is 0 Å². The third-order valence-corrected chi connectivity index (χ3v) is 7.54. The van der Waals surface area contributed by atoms with E-state index in [9.17, 15) is 39.5 Å². The van der Waals surface area contributed by atoms with Crippen LogP contribution >= 0.6 is 0 Å². The Balaban J connectivity index is 1.43. The molecule has 1 fully saturated rings. The molecular formula is C31H29F9O2. The zero-order valence-electron chi connectivity index (χ0n) is 22.6. The first-order valence-electron chi connectivity index (χ1n) is 13.7. The van der Waals surface area contributed by atoms with Crippen LogP contribution in [-0.4, -0.2) is 0 Å². The molecule has 0 aliphatic heterocycles. The van der Waals surface area contributed by atoms with E-state index >= 15 is 0 Å². The fraction of sp³-hybridized carbons (Fsp3) is 0.419. The van der Waals surface area contributed by atoms with E-state index in [1.165, 1.54) is 18.9 Å². The van der Waals surface area contributed by atoms with Gasteiger partial charge in [-0.3, -0.25) is 0 Å². The lowest BCUT2D eigenvalue weighted by Gasteiger charge is -2.29. The summed E-state index contributed by atoms with van der Waals surface area (Å²) in [5, 5.41) is 0. The molecule has 42 heavy (non-hydrogen) atoms. The van der Waals surface area contributed by atoms with Gasteiger partial charge in [-0.25, -0.2) is 22.0 Å². The standard InChI is InChI=1S/C31H29F9O2/c1-2-3-4-5-18-6-8-19(9-7-18)20-10-12-23(25(32)14-20)30(37,38)41-21-11-13-24(26(33)15-21)31(39,40)42-22-16-27(34)29(36)28(35)17-22/h10-19H,2-9H2,1H3. The molecule has 0 spiro atoms. The van der Waals surface area contributed by atoms with Crippen LogP contribution in [0.3, 0.4) is 0 Å². The molecule has 0 bridgehead atoms. The Morgan fingerprint density at radius 1 is 0.643 bits per heavy atom. The molecule has 0 heterocycles. The van der Waals surface area contributed by atoms with Gasteiger partial charge in [-0.1, -0.05) is 38.7 Å². The number of rotatable bonds is 11. The number of unbranched alkanes of at least 4 members (excludes halogenated alkanes) is 2. The molecule has 228 valence electrons. The van der Waals surface area contributed by atoms with Crippen molar-refractivity contribution >= 4 is 0 Å². The van der Waals surface area contributed by atoms with Crippen LogP contribution in [0.4, 0.5) is 39.5 Å². The van der Waals surface area contributed by atoms with Crippen LogP contribution in [0.1, 0.15) is 80.9 Å². The van der Waals surface area contributed by atoms with E-state index in [1.54, 1.807) is 0 Å². The van der Waals surface area contributed by atoms with Crippen LogP contribution in [0.5, 0.6) is 11.5 Å². The van der Waals surface area contributed by atoms with E-state index in [0.717, 1.165) is 50.7 Å². The van der Waals surface area contributed by atoms with Gasteiger partial charge < -0.3 is 9.47 Å². The predicted molar refractivity (Wildman–Crippen MR) is 137 cm³/mol. The highest BCUT2D eigenvalue weighted by molar-refractivity contribution is 5.34. The van der Waals surface area contributed by atoms with Crippen LogP contribution in [0.2, 0.25) is 0 Å². The second-order valence-corrected chi connectivity index (χ2v) is 10.5. The van der Waals surface area contributed by atoms with Crippen molar-refractivity contribution in [1.29, 1.82) is 0 Å². The molecule has 11 heteroatoms. The maximum absolute atomic E-state index is 14.9. The Hall–Kier alpha value is -3.37. The summed E-state index contributed by atoms with van der Waals surface area (Å²) in [7, 11) is 0. The van der Waals surface area contributed by atoms with Gasteiger partial charge in [-0.15, -0.1) is 0 Å². The highest BCUT2D eigenvalue weighted by atomic mass is 19.3. The molecule has 1 aliphatic carbocycles. The van der Waals surface area contributed by atoms with E-state index in [-0.39, 0.29) is 24.1 Å². The number of halogens is 9. The Morgan fingerprint density at radius 3 is 1.71 bits per heavy atom. The maximum atomic E-state index is 14.9. The Labute approximate surface area is 237 Å². The van der Waals surface area contributed by atoms with E-state index in [2.05, 4.69) is 16.4 Å². The largest absolute Gasteiger partial charge is 0.429 e. The normalized spacial score (nSPS) is 17.8. The van der Waals surface area contributed by atoms with Crippen LogP contribution in [-0.2, 0) is 12.2 Å². The molecule has 0 N–H and O–H groups in total. The summed E-state index contributed by atoms with van der Waals surface area (Å²) < 4.78 is 136. The third-order valence-electron chi connectivity index (χ3n) is 7.54. The minimum absolute atomic E-state index is 0.0407. The van der Waals surface area contributed by atoms with Crippen molar-refractivity contribution in [2.75, 3.05) is 0 Å². The van der Waals surface area contributed by atoms with Crippen LogP contribution < -0.4 is 9.47 Å². The molecule has 4 rings (SSSR count). The van der Waals surface area contributed by atoms with Gasteiger partial charge in [0.15, 0.2) is 17.5 Å². The van der Waals surface area contributed by atoms with Gasteiger partial charge >= 0.3 is 12.2 Å². The number of alkyl halides is 4. The first-order valence-corrected chi connectivity index (χ1v) is 13.7. The fourth-order valence-electron chi connectivity index (χ4n) is 5.28. The SMILES string of the molecule is CCCCCC1CCC(c2ccc(C(F)(F)Oc3ccc(C(F)(F)Oc4cc(F)c(F)c(F)c4)c(F)c3)c(F)c2)CC1. The van der Waals surface area contributed by atoms with Crippen LogP contribution in [0, 0.1) is 35.0 Å². The highest BCUT2D eigenvalue weighted by Crippen LogP contribution is 2.41. The third kappa shape index (κ3) is 7.33. The molecular weight excluding hydrogens is 575 g/mol. The van der Waals surface area contributed by atoms with Gasteiger partial charge in [0.2, 0.25) is 0 Å². The molecule has 0 radical (unpaired) electrons. The molecule has 0 atom stereocenters. The zero-order valence-corrected chi connectivity index (χ0v) is 22.6. The van der Waals surface area contributed by atoms with Gasteiger partial charge in [-0.2, -0.15) is 17.6 Å². The zero-order chi connectivity index (χ0) is 30.7. The summed E-state index contributed by atoms with van der Waals surface area (Å²) in [6.07, 6.45) is -0.548. The Bertz CT molecular complexity index is 1360. The first kappa shape index (κ1) is 31.6. The summed E-state index contributed by atoms with van der Waals surface area (Å²) in [5.41, 5.74) is -2.01. The van der Waals surface area contributed by atoms with Crippen LogP contribution in [0.15, 0.2) is 48.5 Å². The second kappa shape index (κ2) is 12.9. The average molecular weight is 605 g/mol. The fourth-order valence-corrected chi connectivity index (χ4v) is 5.28. The Morgan fingerprint density at radius 2 is 1.17 bits per heavy atom. The van der Waals surface area contributed by atoms with Gasteiger partial charge in [0.25, 0.3) is 0 Å². The summed E-state index contributed by atoms with van der Waals surface area (Å²) in [4.78, 5) is 0. The number of benzene rings is 3. The van der Waals surface area contributed by atoms with Crippen LogP contribution in [0.25, 0.3) is 0 Å². The summed E-state index contributed by atoms with van der Waals surface area (Å²) in [5.74, 6) is -9.96. The smallest absolute Gasteiger partial charge is 0.429 e. The van der Waals surface area contributed by atoms with Crippen molar-refractivity contribution < 1.29 is 49.0 Å². The lowest BCUT2D eigenvalue weighted by Crippen LogP contribution is -2.25. The summed E-state index contributed by atoms with van der Waals surface area (Å²) in [6, 6.07) is 4.72. The van der Waals surface area contributed by atoms with Crippen molar-refractivity contribution in [3.8, 4) is 11.5 Å². The van der Waals surface area contributed by atoms with Crippen molar-refractivity contribution in [3.05, 3.63) is 94.3 Å². The minimum Gasteiger partial charge on any atom is -0.429 e. The van der Waals surface area contributed by atoms with Gasteiger partial charge in [0.05, 0.1) is 5.56 Å². The van der Waals surface area contributed by atoms with Crippen molar-refractivity contribution in [2.24, 2.45) is 5.92 Å². The molecule has 0 amide bonds. The molecule has 1 saturated carbocycles. The number of hydrogen-bond acceptors (Lipinski definition) is 2. The van der Waals surface area contributed by atoms with E-state index in [0.29, 0.717) is 23.6 Å². The maximum Gasteiger partial charge on any atom is 0.429 e. The molecule has 3 aromatic carbocycles. The lowest BCUT2D eigenvalue weighted by molar-refractivity contribution is -0.189. The molecule has 2 nitrogen and oxygen atoms in total. The lowest BCUT2D eigenvalue weighted by atomic mass is 9.77. The molecule has 3 aromatic rings. The van der Waals surface area contributed by atoms with Gasteiger partial charge in [0, 0.05) is 18.2 Å². The van der Waals surface area contributed by atoms with Gasteiger partial charge in [-0.05, 0) is 67.3 Å². The summed E-state index contributed by atoms with van der Waals surface area (Å²) >= 11 is 0. The van der Waals surface area contributed by atoms with Gasteiger partial charge in [0.1, 0.15) is 28.7 Å². The Kier molecular flexibility index (Phi) is 9.67.